The molecule has 2 amide bonds. The van der Waals surface area contributed by atoms with Gasteiger partial charge in [0.05, 0.1) is 10.6 Å². The second-order valence-corrected chi connectivity index (χ2v) is 10.4. The summed E-state index contributed by atoms with van der Waals surface area (Å²) in [6.07, 6.45) is 2.73. The number of para-hydroxylation sites is 1. The molecular formula is C31H34ClN3O2. The minimum Gasteiger partial charge on any atom is -0.361 e. The molecule has 4 rings (SSSR count). The SMILES string of the molecule is Cc1ccc(CN(CCc2c[nH]c3ccccc23)C(=O)CN(CC(C)C)C(=O)c2ccccc2Cl)cc1. The van der Waals surface area contributed by atoms with Gasteiger partial charge in [0, 0.05) is 36.7 Å². The summed E-state index contributed by atoms with van der Waals surface area (Å²) in [5.41, 5.74) is 4.91. The van der Waals surface area contributed by atoms with Gasteiger partial charge in [-0.2, -0.15) is 0 Å². The highest BCUT2D eigenvalue weighted by Gasteiger charge is 2.24. The number of rotatable bonds is 10. The van der Waals surface area contributed by atoms with E-state index in [0.29, 0.717) is 36.6 Å². The van der Waals surface area contributed by atoms with Crippen LogP contribution in [-0.4, -0.2) is 46.2 Å². The molecule has 37 heavy (non-hydrogen) atoms. The van der Waals surface area contributed by atoms with E-state index in [0.717, 1.165) is 11.1 Å². The summed E-state index contributed by atoms with van der Waals surface area (Å²) in [6.45, 7) is 7.63. The third-order valence-corrected chi connectivity index (χ3v) is 6.81. The number of hydrogen-bond acceptors (Lipinski definition) is 2. The van der Waals surface area contributed by atoms with E-state index in [4.69, 9.17) is 11.6 Å². The minimum absolute atomic E-state index is 0.00197. The number of nitrogens with zero attached hydrogens (tertiary/aromatic N) is 2. The lowest BCUT2D eigenvalue weighted by molar-refractivity contribution is -0.132. The van der Waals surface area contributed by atoms with Crippen LogP contribution in [0.5, 0.6) is 0 Å². The number of carbonyl (C=O) groups is 2. The first kappa shape index (κ1) is 26.5. The quantitative estimate of drug-likeness (QED) is 0.262. The number of benzene rings is 3. The van der Waals surface area contributed by atoms with Crippen molar-refractivity contribution in [2.45, 2.75) is 33.7 Å². The Morgan fingerprint density at radius 1 is 0.919 bits per heavy atom. The van der Waals surface area contributed by atoms with Crippen LogP contribution in [0.3, 0.4) is 0 Å². The Morgan fingerprint density at radius 3 is 2.35 bits per heavy atom. The summed E-state index contributed by atoms with van der Waals surface area (Å²) < 4.78 is 0. The molecule has 0 atom stereocenters. The van der Waals surface area contributed by atoms with E-state index in [-0.39, 0.29) is 24.3 Å². The van der Waals surface area contributed by atoms with E-state index in [1.165, 1.54) is 16.5 Å². The van der Waals surface area contributed by atoms with E-state index >= 15 is 0 Å². The van der Waals surface area contributed by atoms with Crippen LogP contribution in [0.1, 0.15) is 40.9 Å². The van der Waals surface area contributed by atoms with E-state index in [2.05, 4.69) is 41.4 Å². The average Bonchev–Trinajstić information content (AvgIpc) is 3.30. The normalized spacial score (nSPS) is 11.2. The Morgan fingerprint density at radius 2 is 1.62 bits per heavy atom. The highest BCUT2D eigenvalue weighted by molar-refractivity contribution is 6.33. The molecule has 1 N–H and O–H groups in total. The largest absolute Gasteiger partial charge is 0.361 e. The molecule has 1 heterocycles. The van der Waals surface area contributed by atoms with E-state index in [9.17, 15) is 9.59 Å². The van der Waals surface area contributed by atoms with Crippen LogP contribution >= 0.6 is 11.6 Å². The molecule has 0 radical (unpaired) electrons. The predicted octanol–water partition coefficient (Wildman–Crippen LogP) is 6.50. The molecule has 1 aromatic heterocycles. The molecule has 3 aromatic carbocycles. The zero-order valence-corrected chi connectivity index (χ0v) is 22.5. The summed E-state index contributed by atoms with van der Waals surface area (Å²) in [7, 11) is 0. The number of nitrogens with one attached hydrogen (secondary N) is 1. The maximum atomic E-state index is 13.7. The molecule has 0 aliphatic heterocycles. The summed E-state index contributed by atoms with van der Waals surface area (Å²) in [5, 5.41) is 1.56. The fourth-order valence-corrected chi connectivity index (χ4v) is 4.74. The van der Waals surface area contributed by atoms with Crippen molar-refractivity contribution in [2.24, 2.45) is 5.92 Å². The number of amides is 2. The van der Waals surface area contributed by atoms with Crippen molar-refractivity contribution in [3.8, 4) is 0 Å². The minimum atomic E-state index is -0.223. The molecule has 0 fully saturated rings. The van der Waals surface area contributed by atoms with Gasteiger partial charge in [0.15, 0.2) is 0 Å². The highest BCUT2D eigenvalue weighted by atomic mass is 35.5. The van der Waals surface area contributed by atoms with Crippen molar-refractivity contribution in [1.82, 2.24) is 14.8 Å². The van der Waals surface area contributed by atoms with Gasteiger partial charge in [-0.3, -0.25) is 9.59 Å². The van der Waals surface area contributed by atoms with Gasteiger partial charge in [-0.15, -0.1) is 0 Å². The van der Waals surface area contributed by atoms with Crippen LogP contribution in [0.2, 0.25) is 5.02 Å². The van der Waals surface area contributed by atoms with Gasteiger partial charge in [-0.05, 0) is 48.6 Å². The van der Waals surface area contributed by atoms with Gasteiger partial charge >= 0.3 is 0 Å². The molecular weight excluding hydrogens is 482 g/mol. The molecule has 0 unspecified atom stereocenters. The first-order valence-electron chi connectivity index (χ1n) is 12.7. The number of aryl methyl sites for hydroxylation is 1. The topological polar surface area (TPSA) is 56.4 Å². The summed E-state index contributed by atoms with van der Waals surface area (Å²) in [6, 6.07) is 23.4. The molecule has 0 saturated heterocycles. The Kier molecular flexibility index (Phi) is 8.67. The Hall–Kier alpha value is -3.57. The van der Waals surface area contributed by atoms with Gasteiger partial charge in [0.1, 0.15) is 6.54 Å². The van der Waals surface area contributed by atoms with Crippen molar-refractivity contribution in [3.05, 3.63) is 106 Å². The second kappa shape index (κ2) is 12.1. The maximum Gasteiger partial charge on any atom is 0.255 e. The predicted molar refractivity (Wildman–Crippen MR) is 151 cm³/mol. The van der Waals surface area contributed by atoms with Crippen LogP contribution in [0.15, 0.2) is 79.0 Å². The molecule has 4 aromatic rings. The standard InChI is InChI=1S/C31H34ClN3O2/c1-22(2)19-35(31(37)27-9-4-6-10-28(27)32)21-30(36)34(20-24-14-12-23(3)13-15-24)17-16-25-18-33-29-11-7-5-8-26(25)29/h4-15,18,22,33H,16-17,19-21H2,1-3H3. The van der Waals surface area contributed by atoms with Crippen molar-refractivity contribution in [1.29, 1.82) is 0 Å². The van der Waals surface area contributed by atoms with E-state index < -0.39 is 0 Å². The number of aromatic nitrogens is 1. The van der Waals surface area contributed by atoms with Gasteiger partial charge in [-0.25, -0.2) is 0 Å². The van der Waals surface area contributed by atoms with Crippen LogP contribution in [0.25, 0.3) is 10.9 Å². The van der Waals surface area contributed by atoms with Crippen LogP contribution in [-0.2, 0) is 17.8 Å². The Balaban J connectivity index is 1.56. The molecule has 0 saturated carbocycles. The summed E-state index contributed by atoms with van der Waals surface area (Å²) in [5.74, 6) is -0.1000. The first-order chi connectivity index (χ1) is 17.8. The van der Waals surface area contributed by atoms with Crippen LogP contribution < -0.4 is 0 Å². The number of fused-ring (bicyclic) bond motifs is 1. The average molecular weight is 516 g/mol. The number of hydrogen-bond donors (Lipinski definition) is 1. The number of halogens is 1. The first-order valence-corrected chi connectivity index (χ1v) is 13.1. The summed E-state index contributed by atoms with van der Waals surface area (Å²) in [4.78, 5) is 34.0. The zero-order chi connectivity index (χ0) is 26.4. The smallest absolute Gasteiger partial charge is 0.255 e. The van der Waals surface area contributed by atoms with Gasteiger partial charge < -0.3 is 14.8 Å². The molecule has 5 nitrogen and oxygen atoms in total. The van der Waals surface area contributed by atoms with Crippen molar-refractivity contribution < 1.29 is 9.59 Å². The highest BCUT2D eigenvalue weighted by Crippen LogP contribution is 2.20. The molecule has 0 aliphatic rings. The van der Waals surface area contributed by atoms with Crippen molar-refractivity contribution in [2.75, 3.05) is 19.6 Å². The van der Waals surface area contributed by atoms with Crippen molar-refractivity contribution in [3.63, 3.8) is 0 Å². The van der Waals surface area contributed by atoms with E-state index in [1.807, 2.05) is 44.0 Å². The van der Waals surface area contributed by atoms with Gasteiger partial charge in [-0.1, -0.05) is 85.6 Å². The zero-order valence-electron chi connectivity index (χ0n) is 21.7. The third-order valence-electron chi connectivity index (χ3n) is 6.48. The maximum absolute atomic E-state index is 13.7. The molecule has 0 spiro atoms. The monoisotopic (exact) mass is 515 g/mol. The Bertz CT molecular complexity index is 1360. The number of aromatic amines is 1. The number of carbonyl (C=O) groups excluding carboxylic acids is 2. The molecule has 0 bridgehead atoms. The Labute approximate surface area is 224 Å². The molecule has 192 valence electrons. The van der Waals surface area contributed by atoms with Gasteiger partial charge in [0.25, 0.3) is 5.91 Å². The number of H-pyrrole nitrogens is 1. The summed E-state index contributed by atoms with van der Waals surface area (Å²) >= 11 is 6.33. The third kappa shape index (κ3) is 6.80. The fourth-order valence-electron chi connectivity index (χ4n) is 4.53. The molecule has 6 heteroatoms. The lowest BCUT2D eigenvalue weighted by Crippen LogP contribution is -2.44. The van der Waals surface area contributed by atoms with Crippen LogP contribution in [0, 0.1) is 12.8 Å². The van der Waals surface area contributed by atoms with Gasteiger partial charge in [0.2, 0.25) is 5.91 Å². The van der Waals surface area contributed by atoms with Crippen LogP contribution in [0.4, 0.5) is 0 Å². The lowest BCUT2D eigenvalue weighted by Gasteiger charge is -2.29. The fraction of sp³-hybridized carbons (Fsp3) is 0.290. The second-order valence-electron chi connectivity index (χ2n) is 9.97. The molecule has 0 aliphatic carbocycles. The van der Waals surface area contributed by atoms with E-state index in [1.54, 1.807) is 29.2 Å². The van der Waals surface area contributed by atoms with Crippen molar-refractivity contribution >= 4 is 34.3 Å². The lowest BCUT2D eigenvalue weighted by atomic mass is 10.1.